The molecule has 1 aromatic heterocycles. The molecule has 0 saturated carbocycles. The van der Waals surface area contributed by atoms with E-state index in [-0.39, 0.29) is 28.9 Å². The van der Waals surface area contributed by atoms with Gasteiger partial charge in [0.25, 0.3) is 5.91 Å². The molecule has 2 atom stereocenters. The quantitative estimate of drug-likeness (QED) is 0.307. The van der Waals surface area contributed by atoms with Crippen molar-refractivity contribution in [2.75, 3.05) is 24.3 Å². The maximum absolute atomic E-state index is 12.6. The van der Waals surface area contributed by atoms with Crippen LogP contribution in [0.15, 0.2) is 16.7 Å². The highest BCUT2D eigenvalue weighted by Gasteiger charge is 2.54. The summed E-state index contributed by atoms with van der Waals surface area (Å²) in [6.07, 6.45) is 0. The van der Waals surface area contributed by atoms with Crippen molar-refractivity contribution in [1.29, 1.82) is 0 Å². The standard InChI is InChI=1S/C16H14Cl3N3O7S2/c1-6(23)28-2-7-3-30-12-9(11(24)22(12)10(7)13(25)26)21-15-20-8(4-31-15)14(27)29-5-16(17,18)19/h4,9,12H,2-3,5H2,1H3,(H,20,21)(H,25,26). The number of carbonyl (C=O) groups is 4. The molecular weight excluding hydrogens is 517 g/mol. The second kappa shape index (κ2) is 9.41. The van der Waals surface area contributed by atoms with Crippen LogP contribution in [0.2, 0.25) is 0 Å². The Kier molecular flexibility index (Phi) is 7.26. The lowest BCUT2D eigenvalue weighted by atomic mass is 10.0. The highest BCUT2D eigenvalue weighted by atomic mass is 35.6. The van der Waals surface area contributed by atoms with Crippen LogP contribution in [0.4, 0.5) is 5.13 Å². The molecule has 0 aliphatic carbocycles. The summed E-state index contributed by atoms with van der Waals surface area (Å²) in [7, 11) is 0. The zero-order chi connectivity index (χ0) is 22.9. The third-order valence-corrected chi connectivity index (χ3v) is 6.50. The average molecular weight is 531 g/mol. The number of hydrogen-bond acceptors (Lipinski definition) is 10. The third kappa shape index (κ3) is 5.55. The molecule has 1 fully saturated rings. The van der Waals surface area contributed by atoms with E-state index in [1.54, 1.807) is 0 Å². The Morgan fingerprint density at radius 2 is 2.06 bits per heavy atom. The monoisotopic (exact) mass is 529 g/mol. The van der Waals surface area contributed by atoms with Crippen molar-refractivity contribution < 1.29 is 33.8 Å². The van der Waals surface area contributed by atoms with Crippen LogP contribution in [0.25, 0.3) is 0 Å². The van der Waals surface area contributed by atoms with E-state index >= 15 is 0 Å². The number of aliphatic carboxylic acids is 1. The van der Waals surface area contributed by atoms with E-state index in [2.05, 4.69) is 10.3 Å². The number of hydrogen-bond donors (Lipinski definition) is 2. The first-order valence-corrected chi connectivity index (χ1v) is 11.5. The van der Waals surface area contributed by atoms with Crippen molar-refractivity contribution in [2.45, 2.75) is 22.1 Å². The fraction of sp³-hybridized carbons (Fsp3) is 0.438. The Labute approximate surface area is 198 Å². The van der Waals surface area contributed by atoms with Gasteiger partial charge in [-0.25, -0.2) is 14.6 Å². The minimum Gasteiger partial charge on any atom is -0.477 e. The lowest BCUT2D eigenvalue weighted by molar-refractivity contribution is -0.147. The Balaban J connectivity index is 1.67. The summed E-state index contributed by atoms with van der Waals surface area (Å²) in [6, 6.07) is -0.745. The van der Waals surface area contributed by atoms with Gasteiger partial charge in [-0.05, 0) is 0 Å². The number of ether oxygens (including phenoxy) is 2. The number of β-lactam (4-membered cyclic amide) rings is 1. The van der Waals surface area contributed by atoms with Crippen molar-refractivity contribution in [3.8, 4) is 0 Å². The van der Waals surface area contributed by atoms with Gasteiger partial charge in [0.2, 0.25) is 3.79 Å². The number of carbonyl (C=O) groups excluding carboxylic acids is 3. The number of nitrogens with one attached hydrogen (secondary N) is 1. The minimum absolute atomic E-state index is 0.0311. The number of thiazole rings is 1. The van der Waals surface area contributed by atoms with Crippen LogP contribution in [-0.4, -0.2) is 73.0 Å². The number of fused-ring (bicyclic) bond motifs is 1. The number of nitrogens with zero attached hydrogens (tertiary/aromatic N) is 2. The van der Waals surface area contributed by atoms with Crippen molar-refractivity contribution in [3.63, 3.8) is 0 Å². The molecule has 2 N–H and O–H groups in total. The first-order valence-electron chi connectivity index (χ1n) is 8.47. The number of carboxylic acid groups (broad SMARTS) is 1. The number of rotatable bonds is 7. The molecule has 1 aromatic rings. The van der Waals surface area contributed by atoms with Crippen LogP contribution in [0.1, 0.15) is 17.4 Å². The van der Waals surface area contributed by atoms with Crippen molar-refractivity contribution >= 4 is 86.8 Å². The molecule has 1 amide bonds. The van der Waals surface area contributed by atoms with Gasteiger partial charge >= 0.3 is 17.9 Å². The van der Waals surface area contributed by atoms with Gasteiger partial charge in [0.1, 0.15) is 30.3 Å². The summed E-state index contributed by atoms with van der Waals surface area (Å²) in [6.45, 7) is 0.556. The molecule has 0 aromatic carbocycles. The summed E-state index contributed by atoms with van der Waals surface area (Å²) in [5.41, 5.74) is 0.114. The molecule has 3 rings (SSSR count). The lowest BCUT2D eigenvalue weighted by Crippen LogP contribution is -2.67. The van der Waals surface area contributed by atoms with Crippen molar-refractivity contribution in [3.05, 3.63) is 22.3 Å². The molecule has 10 nitrogen and oxygen atoms in total. The van der Waals surface area contributed by atoms with Crippen LogP contribution in [0.3, 0.4) is 0 Å². The van der Waals surface area contributed by atoms with Gasteiger partial charge in [0, 0.05) is 23.6 Å². The number of esters is 2. The van der Waals surface area contributed by atoms with Gasteiger partial charge in [0.05, 0.1) is 0 Å². The van der Waals surface area contributed by atoms with E-state index in [1.807, 2.05) is 0 Å². The highest BCUT2D eigenvalue weighted by molar-refractivity contribution is 8.00. The van der Waals surface area contributed by atoms with Gasteiger partial charge < -0.3 is 19.9 Å². The Bertz CT molecular complexity index is 962. The molecule has 168 valence electrons. The van der Waals surface area contributed by atoms with E-state index in [9.17, 15) is 24.3 Å². The molecule has 0 spiro atoms. The van der Waals surface area contributed by atoms with Crippen LogP contribution in [0.5, 0.6) is 0 Å². The number of carboxylic acids is 1. The Hall–Kier alpha value is -1.73. The second-order valence-electron chi connectivity index (χ2n) is 6.30. The smallest absolute Gasteiger partial charge is 0.358 e. The molecular formula is C16H14Cl3N3O7S2. The molecule has 0 bridgehead atoms. The van der Waals surface area contributed by atoms with Crippen LogP contribution in [0, 0.1) is 0 Å². The van der Waals surface area contributed by atoms with Gasteiger partial charge in [-0.3, -0.25) is 14.5 Å². The average Bonchev–Trinajstić information content (AvgIpc) is 3.16. The fourth-order valence-corrected chi connectivity index (χ4v) is 4.98. The van der Waals surface area contributed by atoms with Crippen LogP contribution < -0.4 is 5.32 Å². The molecule has 3 heterocycles. The summed E-state index contributed by atoms with van der Waals surface area (Å²) in [5, 5.41) is 13.6. The van der Waals surface area contributed by atoms with Gasteiger partial charge in [-0.15, -0.1) is 23.1 Å². The maximum Gasteiger partial charge on any atom is 0.358 e. The van der Waals surface area contributed by atoms with E-state index in [1.165, 1.54) is 24.1 Å². The highest BCUT2D eigenvalue weighted by Crippen LogP contribution is 2.41. The number of alkyl halides is 3. The van der Waals surface area contributed by atoms with Gasteiger partial charge in [0.15, 0.2) is 10.8 Å². The number of amides is 1. The number of halogens is 3. The number of anilines is 1. The molecule has 2 aliphatic heterocycles. The molecule has 0 radical (unpaired) electrons. The first-order chi connectivity index (χ1) is 14.5. The summed E-state index contributed by atoms with van der Waals surface area (Å²) >= 11 is 19.0. The molecule has 31 heavy (non-hydrogen) atoms. The summed E-state index contributed by atoms with van der Waals surface area (Å²) < 4.78 is 7.98. The van der Waals surface area contributed by atoms with Gasteiger partial charge in [-0.2, -0.15) is 0 Å². The molecule has 2 unspecified atom stereocenters. The maximum atomic E-state index is 12.6. The van der Waals surface area contributed by atoms with E-state index in [0.29, 0.717) is 5.57 Å². The largest absolute Gasteiger partial charge is 0.477 e. The minimum atomic E-state index is -1.75. The second-order valence-corrected chi connectivity index (χ2v) is 10.8. The summed E-state index contributed by atoms with van der Waals surface area (Å²) in [5.74, 6) is -2.84. The van der Waals surface area contributed by atoms with Gasteiger partial charge in [-0.1, -0.05) is 34.8 Å². The predicted molar refractivity (Wildman–Crippen MR) is 114 cm³/mol. The predicted octanol–water partition coefficient (Wildman–Crippen LogP) is 2.27. The van der Waals surface area contributed by atoms with Crippen LogP contribution in [-0.2, 0) is 23.9 Å². The normalized spacial score (nSPS) is 20.6. The van der Waals surface area contributed by atoms with Crippen molar-refractivity contribution in [1.82, 2.24) is 9.88 Å². The third-order valence-electron chi connectivity index (χ3n) is 4.06. The first kappa shape index (κ1) is 23.9. The SMILES string of the molecule is CC(=O)OCC1=C(C(=O)O)N2C(=O)C(Nc3nc(C(=O)OCC(Cl)(Cl)Cl)cs3)C2SC1. The number of thioether (sulfide) groups is 1. The van der Waals surface area contributed by atoms with Crippen molar-refractivity contribution in [2.24, 2.45) is 0 Å². The lowest BCUT2D eigenvalue weighted by Gasteiger charge is -2.49. The zero-order valence-electron chi connectivity index (χ0n) is 15.6. The number of aromatic nitrogens is 1. The van der Waals surface area contributed by atoms with E-state index < -0.39 is 45.6 Å². The Morgan fingerprint density at radius 1 is 1.35 bits per heavy atom. The van der Waals surface area contributed by atoms with E-state index in [0.717, 1.165) is 16.2 Å². The Morgan fingerprint density at radius 3 is 2.68 bits per heavy atom. The zero-order valence-corrected chi connectivity index (χ0v) is 19.5. The topological polar surface area (TPSA) is 135 Å². The molecule has 2 aliphatic rings. The fourth-order valence-electron chi connectivity index (χ4n) is 2.77. The summed E-state index contributed by atoms with van der Waals surface area (Å²) in [4.78, 5) is 52.6. The van der Waals surface area contributed by atoms with Crippen LogP contribution >= 0.6 is 57.9 Å². The van der Waals surface area contributed by atoms with E-state index in [4.69, 9.17) is 44.3 Å². The molecule has 15 heteroatoms. The molecule has 1 saturated heterocycles.